The van der Waals surface area contributed by atoms with Gasteiger partial charge in [0.2, 0.25) is 0 Å². The van der Waals surface area contributed by atoms with Crippen molar-refractivity contribution in [2.45, 2.75) is 18.9 Å². The summed E-state index contributed by atoms with van der Waals surface area (Å²) in [5, 5.41) is 9.08. The highest BCUT2D eigenvalue weighted by molar-refractivity contribution is 5.94. The Morgan fingerprint density at radius 2 is 1.94 bits per heavy atom. The predicted octanol–water partition coefficient (Wildman–Crippen LogP) is 1.70. The van der Waals surface area contributed by atoms with Crippen LogP contribution in [0.5, 0.6) is 0 Å². The number of carbonyl (C=O) groups excluding carboxylic acids is 1. The summed E-state index contributed by atoms with van der Waals surface area (Å²) in [5.41, 5.74) is -0.244. The Balaban J connectivity index is 2.29. The van der Waals surface area contributed by atoms with Crippen LogP contribution in [0.15, 0.2) is 12.1 Å². The summed E-state index contributed by atoms with van der Waals surface area (Å²) in [5.74, 6) is -4.97. The van der Waals surface area contributed by atoms with Gasteiger partial charge in [0.05, 0.1) is 12.6 Å². The van der Waals surface area contributed by atoms with Crippen LogP contribution < -0.4 is 0 Å². The zero-order valence-electron chi connectivity index (χ0n) is 9.50. The number of rotatable bonds is 2. The van der Waals surface area contributed by atoms with Crippen molar-refractivity contribution >= 4 is 5.91 Å². The van der Waals surface area contributed by atoms with E-state index in [0.717, 1.165) is 6.42 Å². The molecule has 1 aliphatic rings. The summed E-state index contributed by atoms with van der Waals surface area (Å²) in [6, 6.07) is 1.01. The number of halogens is 3. The third kappa shape index (κ3) is 2.20. The lowest BCUT2D eigenvalue weighted by Crippen LogP contribution is -2.37. The van der Waals surface area contributed by atoms with Gasteiger partial charge in [-0.1, -0.05) is 0 Å². The number of aliphatic hydroxyl groups is 1. The Bertz CT molecular complexity index is 455. The number of nitrogens with zero attached hydrogens (tertiary/aromatic N) is 1. The first-order valence-corrected chi connectivity index (χ1v) is 5.61. The molecule has 1 saturated heterocycles. The molecule has 0 saturated carbocycles. The smallest absolute Gasteiger partial charge is 0.254 e. The highest BCUT2D eigenvalue weighted by atomic mass is 19.2. The molecule has 98 valence electrons. The zero-order valence-corrected chi connectivity index (χ0v) is 9.50. The molecule has 1 unspecified atom stereocenters. The Morgan fingerprint density at radius 1 is 1.33 bits per heavy atom. The fourth-order valence-corrected chi connectivity index (χ4v) is 2.14. The molecular weight excluding hydrogens is 247 g/mol. The third-order valence-electron chi connectivity index (χ3n) is 3.08. The van der Waals surface area contributed by atoms with Gasteiger partial charge in [0, 0.05) is 12.1 Å². The normalized spacial score (nSPS) is 19.3. The number of likely N-dealkylation sites (tertiary alicyclic amines) is 1. The molecule has 1 N–H and O–H groups in total. The standard InChI is InChI=1S/C12H12F3NO2/c13-9-4-7(5-10(14)11(9)15)12(18)16-3-1-2-8(16)6-17/h4-5,8,17H,1-3,6H2. The number of aliphatic hydroxyl groups excluding tert-OH is 1. The van der Waals surface area contributed by atoms with Crippen LogP contribution in [-0.2, 0) is 0 Å². The van der Waals surface area contributed by atoms with Crippen LogP contribution in [0.2, 0.25) is 0 Å². The van der Waals surface area contributed by atoms with Crippen LogP contribution in [0.1, 0.15) is 23.2 Å². The average molecular weight is 259 g/mol. The van der Waals surface area contributed by atoms with Crippen molar-refractivity contribution in [2.75, 3.05) is 13.2 Å². The van der Waals surface area contributed by atoms with E-state index in [0.29, 0.717) is 25.1 Å². The molecule has 1 aromatic carbocycles. The molecule has 3 nitrogen and oxygen atoms in total. The lowest BCUT2D eigenvalue weighted by Gasteiger charge is -2.23. The van der Waals surface area contributed by atoms with Crippen LogP contribution in [0.4, 0.5) is 13.2 Å². The maximum atomic E-state index is 13.0. The van der Waals surface area contributed by atoms with Crippen molar-refractivity contribution in [3.8, 4) is 0 Å². The van der Waals surface area contributed by atoms with Crippen molar-refractivity contribution in [3.63, 3.8) is 0 Å². The molecule has 0 radical (unpaired) electrons. The van der Waals surface area contributed by atoms with E-state index in [1.54, 1.807) is 0 Å². The van der Waals surface area contributed by atoms with Gasteiger partial charge in [0.25, 0.3) is 5.91 Å². The van der Waals surface area contributed by atoms with Gasteiger partial charge in [-0.15, -0.1) is 0 Å². The van der Waals surface area contributed by atoms with Gasteiger partial charge >= 0.3 is 0 Å². The molecule has 0 aromatic heterocycles. The molecule has 2 rings (SSSR count). The van der Waals surface area contributed by atoms with E-state index in [2.05, 4.69) is 0 Å². The minimum atomic E-state index is -1.59. The second-order valence-electron chi connectivity index (χ2n) is 4.23. The van der Waals surface area contributed by atoms with Gasteiger partial charge in [-0.2, -0.15) is 0 Å². The van der Waals surface area contributed by atoms with E-state index < -0.39 is 23.4 Å². The molecule has 0 aliphatic carbocycles. The predicted molar refractivity (Wildman–Crippen MR) is 57.5 cm³/mol. The first-order valence-electron chi connectivity index (χ1n) is 5.61. The van der Waals surface area contributed by atoms with Gasteiger partial charge in [-0.3, -0.25) is 4.79 Å². The van der Waals surface area contributed by atoms with E-state index >= 15 is 0 Å². The minimum absolute atomic E-state index is 0.197. The Kier molecular flexibility index (Phi) is 3.56. The van der Waals surface area contributed by atoms with Crippen molar-refractivity contribution in [1.82, 2.24) is 4.90 Å². The number of carbonyl (C=O) groups is 1. The summed E-state index contributed by atoms with van der Waals surface area (Å²) >= 11 is 0. The monoisotopic (exact) mass is 259 g/mol. The molecule has 6 heteroatoms. The molecule has 1 atom stereocenters. The third-order valence-corrected chi connectivity index (χ3v) is 3.08. The average Bonchev–Trinajstić information content (AvgIpc) is 2.82. The molecular formula is C12H12F3NO2. The van der Waals surface area contributed by atoms with Crippen LogP contribution in [0, 0.1) is 17.5 Å². The molecule has 1 heterocycles. The second-order valence-corrected chi connectivity index (χ2v) is 4.23. The molecule has 0 spiro atoms. The summed E-state index contributed by atoms with van der Waals surface area (Å²) < 4.78 is 38.8. The maximum absolute atomic E-state index is 13.0. The van der Waals surface area contributed by atoms with Crippen LogP contribution in [0.3, 0.4) is 0 Å². The molecule has 1 fully saturated rings. The molecule has 1 amide bonds. The largest absolute Gasteiger partial charge is 0.394 e. The summed E-state index contributed by atoms with van der Waals surface area (Å²) in [6.07, 6.45) is 1.37. The quantitative estimate of drug-likeness (QED) is 0.821. The second kappa shape index (κ2) is 4.97. The molecule has 1 aliphatic heterocycles. The fourth-order valence-electron chi connectivity index (χ4n) is 2.14. The van der Waals surface area contributed by atoms with E-state index in [9.17, 15) is 18.0 Å². The number of amides is 1. The Hall–Kier alpha value is -1.56. The number of hydrogen-bond acceptors (Lipinski definition) is 2. The fraction of sp³-hybridized carbons (Fsp3) is 0.417. The molecule has 1 aromatic rings. The highest BCUT2D eigenvalue weighted by Gasteiger charge is 2.29. The van der Waals surface area contributed by atoms with Crippen LogP contribution in [0.25, 0.3) is 0 Å². The van der Waals surface area contributed by atoms with E-state index in [-0.39, 0.29) is 18.2 Å². The van der Waals surface area contributed by atoms with Gasteiger partial charge in [-0.25, -0.2) is 13.2 Å². The zero-order chi connectivity index (χ0) is 13.3. The van der Waals surface area contributed by atoms with Crippen molar-refractivity contribution < 1.29 is 23.1 Å². The van der Waals surface area contributed by atoms with E-state index in [4.69, 9.17) is 5.11 Å². The Labute approximate surface area is 102 Å². The first kappa shape index (κ1) is 12.9. The van der Waals surface area contributed by atoms with E-state index in [1.807, 2.05) is 0 Å². The van der Waals surface area contributed by atoms with Crippen LogP contribution in [-0.4, -0.2) is 35.1 Å². The Morgan fingerprint density at radius 3 is 2.50 bits per heavy atom. The summed E-state index contributed by atoms with van der Waals surface area (Å²) in [7, 11) is 0. The number of hydrogen-bond donors (Lipinski definition) is 1. The summed E-state index contributed by atoms with van der Waals surface area (Å²) in [6.45, 7) is 0.225. The van der Waals surface area contributed by atoms with Gasteiger partial charge in [-0.05, 0) is 25.0 Å². The van der Waals surface area contributed by atoms with Crippen molar-refractivity contribution in [3.05, 3.63) is 35.1 Å². The topological polar surface area (TPSA) is 40.5 Å². The van der Waals surface area contributed by atoms with Crippen LogP contribution >= 0.6 is 0 Å². The van der Waals surface area contributed by atoms with Gasteiger partial charge < -0.3 is 10.0 Å². The number of benzene rings is 1. The lowest BCUT2D eigenvalue weighted by molar-refractivity contribution is 0.0676. The highest BCUT2D eigenvalue weighted by Crippen LogP contribution is 2.21. The SMILES string of the molecule is O=C(c1cc(F)c(F)c(F)c1)N1CCCC1CO. The van der Waals surface area contributed by atoms with Gasteiger partial charge in [0.1, 0.15) is 0 Å². The van der Waals surface area contributed by atoms with E-state index in [1.165, 1.54) is 4.90 Å². The first-order chi connectivity index (χ1) is 8.54. The maximum Gasteiger partial charge on any atom is 0.254 e. The van der Waals surface area contributed by atoms with Gasteiger partial charge in [0.15, 0.2) is 17.5 Å². The van der Waals surface area contributed by atoms with Crippen molar-refractivity contribution in [1.29, 1.82) is 0 Å². The minimum Gasteiger partial charge on any atom is -0.394 e. The molecule has 0 bridgehead atoms. The molecule has 18 heavy (non-hydrogen) atoms. The lowest BCUT2D eigenvalue weighted by atomic mass is 10.1. The summed E-state index contributed by atoms with van der Waals surface area (Å²) in [4.78, 5) is 13.3. The van der Waals surface area contributed by atoms with Crippen molar-refractivity contribution in [2.24, 2.45) is 0 Å².